The number of amides is 1. The molecule has 0 radical (unpaired) electrons. The lowest BCUT2D eigenvalue weighted by molar-refractivity contribution is 0.0526. The Balaban J connectivity index is 1.70. The Morgan fingerprint density at radius 1 is 1.00 bits per heavy atom. The van der Waals surface area contributed by atoms with Crippen LogP contribution in [0.3, 0.4) is 0 Å². The third-order valence-corrected chi connectivity index (χ3v) is 4.07. The highest BCUT2D eigenvalue weighted by atomic mass is 16.5. The van der Waals surface area contributed by atoms with Crippen molar-refractivity contribution < 1.29 is 14.3 Å². The van der Waals surface area contributed by atoms with Crippen LogP contribution < -0.4 is 10.6 Å². The number of anilines is 3. The lowest BCUT2D eigenvalue weighted by Crippen LogP contribution is -2.14. The number of nitrogens with one attached hydrogen (secondary N) is 2. The van der Waals surface area contributed by atoms with Crippen molar-refractivity contribution in [2.75, 3.05) is 17.2 Å². The first kappa shape index (κ1) is 19.1. The number of aromatic nitrogens is 1. The molecule has 0 atom stereocenters. The summed E-state index contributed by atoms with van der Waals surface area (Å²) in [5.74, 6) is -0.635. The van der Waals surface area contributed by atoms with Crippen molar-refractivity contribution in [3.8, 4) is 0 Å². The van der Waals surface area contributed by atoms with Crippen molar-refractivity contribution in [2.24, 2.45) is 0 Å². The van der Waals surface area contributed by atoms with E-state index >= 15 is 0 Å². The molecular weight excluding hydrogens is 354 g/mol. The molecule has 0 saturated heterocycles. The first-order chi connectivity index (χ1) is 13.6. The Morgan fingerprint density at radius 3 is 2.46 bits per heavy atom. The second-order valence-electron chi connectivity index (χ2n) is 6.12. The minimum Gasteiger partial charge on any atom is -0.462 e. The van der Waals surface area contributed by atoms with Crippen LogP contribution in [0.25, 0.3) is 0 Å². The summed E-state index contributed by atoms with van der Waals surface area (Å²) in [6.07, 6.45) is 1.57. The molecule has 0 aliphatic carbocycles. The number of carbonyl (C=O) groups excluding carboxylic acids is 2. The van der Waals surface area contributed by atoms with E-state index in [0.29, 0.717) is 23.6 Å². The van der Waals surface area contributed by atoms with Crippen LogP contribution in [0.4, 0.5) is 17.1 Å². The number of ether oxygens (including phenoxy) is 1. The fourth-order valence-electron chi connectivity index (χ4n) is 2.60. The maximum absolute atomic E-state index is 12.5. The van der Waals surface area contributed by atoms with Crippen LogP contribution in [0.5, 0.6) is 0 Å². The molecule has 2 aromatic carbocycles. The smallest absolute Gasteiger partial charge is 0.338 e. The van der Waals surface area contributed by atoms with Gasteiger partial charge in [-0.05, 0) is 61.9 Å². The Morgan fingerprint density at radius 2 is 1.75 bits per heavy atom. The van der Waals surface area contributed by atoms with Gasteiger partial charge in [0.15, 0.2) is 0 Å². The number of benzene rings is 2. The Hall–Kier alpha value is -3.67. The zero-order chi connectivity index (χ0) is 19.9. The largest absolute Gasteiger partial charge is 0.462 e. The first-order valence-electron chi connectivity index (χ1n) is 8.94. The van der Waals surface area contributed by atoms with Crippen LogP contribution in [0.1, 0.15) is 33.3 Å². The number of hydrogen-bond donors (Lipinski definition) is 2. The molecule has 0 unspecified atom stereocenters. The van der Waals surface area contributed by atoms with E-state index in [-0.39, 0.29) is 11.9 Å². The van der Waals surface area contributed by atoms with E-state index in [9.17, 15) is 9.59 Å². The molecular formula is C22H21N3O3. The molecule has 0 saturated carbocycles. The summed E-state index contributed by atoms with van der Waals surface area (Å²) in [4.78, 5) is 28.4. The van der Waals surface area contributed by atoms with E-state index in [1.165, 1.54) is 0 Å². The van der Waals surface area contributed by atoms with Crippen molar-refractivity contribution in [1.29, 1.82) is 0 Å². The van der Waals surface area contributed by atoms with E-state index in [0.717, 1.165) is 16.9 Å². The van der Waals surface area contributed by atoms with E-state index in [2.05, 4.69) is 15.6 Å². The van der Waals surface area contributed by atoms with Gasteiger partial charge >= 0.3 is 5.97 Å². The van der Waals surface area contributed by atoms with Gasteiger partial charge in [0, 0.05) is 23.3 Å². The maximum Gasteiger partial charge on any atom is 0.338 e. The number of esters is 1. The average Bonchev–Trinajstić information content (AvgIpc) is 2.70. The summed E-state index contributed by atoms with van der Waals surface area (Å²) < 4.78 is 4.97. The van der Waals surface area contributed by atoms with Crippen molar-refractivity contribution in [2.45, 2.75) is 13.8 Å². The number of rotatable bonds is 6. The van der Waals surface area contributed by atoms with Gasteiger partial charge in [-0.15, -0.1) is 0 Å². The van der Waals surface area contributed by atoms with Gasteiger partial charge in [0.05, 0.1) is 12.2 Å². The number of pyridine rings is 1. The van der Waals surface area contributed by atoms with E-state index < -0.39 is 0 Å². The number of para-hydroxylation sites is 1. The van der Waals surface area contributed by atoms with Crippen LogP contribution in [-0.2, 0) is 4.74 Å². The van der Waals surface area contributed by atoms with Gasteiger partial charge in [-0.3, -0.25) is 9.78 Å². The molecule has 6 nitrogen and oxygen atoms in total. The first-order valence-corrected chi connectivity index (χ1v) is 8.94. The van der Waals surface area contributed by atoms with Crippen LogP contribution in [0.2, 0.25) is 0 Å². The highest BCUT2D eigenvalue weighted by Crippen LogP contribution is 2.19. The monoisotopic (exact) mass is 375 g/mol. The molecule has 0 aliphatic rings. The van der Waals surface area contributed by atoms with Crippen molar-refractivity contribution >= 4 is 28.9 Å². The number of carbonyl (C=O) groups is 2. The fraction of sp³-hybridized carbons (Fsp3) is 0.136. The molecule has 3 aromatic rings. The predicted molar refractivity (Wildman–Crippen MR) is 109 cm³/mol. The van der Waals surface area contributed by atoms with Crippen LogP contribution in [0, 0.1) is 6.92 Å². The highest BCUT2D eigenvalue weighted by Gasteiger charge is 2.10. The van der Waals surface area contributed by atoms with Crippen molar-refractivity contribution in [3.63, 3.8) is 0 Å². The summed E-state index contributed by atoms with van der Waals surface area (Å²) >= 11 is 0. The minimum absolute atomic E-state index is 0.282. The lowest BCUT2D eigenvalue weighted by Gasteiger charge is -2.10. The predicted octanol–water partition coefficient (Wildman–Crippen LogP) is 4.56. The van der Waals surface area contributed by atoms with E-state index in [4.69, 9.17) is 4.74 Å². The summed E-state index contributed by atoms with van der Waals surface area (Å²) in [6, 6.07) is 17.9. The molecule has 6 heteroatoms. The van der Waals surface area contributed by atoms with E-state index in [1.54, 1.807) is 49.5 Å². The molecule has 0 aliphatic heterocycles. The SMILES string of the molecule is CCOC(=O)c1ccc(Nc2ccnc(C(=O)Nc3ccccc3C)c2)cc1. The Bertz CT molecular complexity index is 984. The fourth-order valence-corrected chi connectivity index (χ4v) is 2.60. The van der Waals surface area contributed by atoms with Gasteiger partial charge in [0.2, 0.25) is 0 Å². The normalized spacial score (nSPS) is 10.2. The third kappa shape index (κ3) is 4.73. The van der Waals surface area contributed by atoms with E-state index in [1.807, 2.05) is 31.2 Å². The Kier molecular flexibility index (Phi) is 6.01. The lowest BCUT2D eigenvalue weighted by atomic mass is 10.2. The Labute approximate surface area is 163 Å². The molecule has 1 aromatic heterocycles. The van der Waals surface area contributed by atoms with Gasteiger partial charge in [-0.1, -0.05) is 18.2 Å². The number of hydrogen-bond acceptors (Lipinski definition) is 5. The summed E-state index contributed by atoms with van der Waals surface area (Å²) in [5.41, 5.74) is 4.02. The number of aryl methyl sites for hydroxylation is 1. The maximum atomic E-state index is 12.5. The van der Waals surface area contributed by atoms with Gasteiger partial charge < -0.3 is 15.4 Å². The van der Waals surface area contributed by atoms with Crippen LogP contribution >= 0.6 is 0 Å². The van der Waals surface area contributed by atoms with Gasteiger partial charge in [0.1, 0.15) is 5.69 Å². The molecule has 142 valence electrons. The van der Waals surface area contributed by atoms with Gasteiger partial charge in [-0.2, -0.15) is 0 Å². The third-order valence-electron chi connectivity index (χ3n) is 4.07. The second-order valence-corrected chi connectivity index (χ2v) is 6.12. The molecule has 1 heterocycles. The summed E-state index contributed by atoms with van der Waals surface area (Å²) in [6.45, 7) is 4.04. The van der Waals surface area contributed by atoms with Crippen LogP contribution in [-0.4, -0.2) is 23.5 Å². The minimum atomic E-state index is -0.354. The molecule has 28 heavy (non-hydrogen) atoms. The molecule has 3 rings (SSSR count). The summed E-state index contributed by atoms with van der Waals surface area (Å²) in [5, 5.41) is 6.07. The standard InChI is InChI=1S/C22H21N3O3/c1-3-28-22(27)16-8-10-17(11-9-16)24-18-12-13-23-20(14-18)21(26)25-19-7-5-4-6-15(19)2/h4-14H,3H2,1-2H3,(H,23,24)(H,25,26). The van der Waals surface area contributed by atoms with Crippen molar-refractivity contribution in [1.82, 2.24) is 4.98 Å². The molecule has 2 N–H and O–H groups in total. The molecule has 0 spiro atoms. The highest BCUT2D eigenvalue weighted by molar-refractivity contribution is 6.03. The second kappa shape index (κ2) is 8.81. The topological polar surface area (TPSA) is 80.3 Å². The number of nitrogens with zero attached hydrogens (tertiary/aromatic N) is 1. The molecule has 0 bridgehead atoms. The molecule has 0 fully saturated rings. The molecule has 1 amide bonds. The zero-order valence-corrected chi connectivity index (χ0v) is 15.7. The quantitative estimate of drug-likeness (QED) is 0.617. The zero-order valence-electron chi connectivity index (χ0n) is 15.7. The summed E-state index contributed by atoms with van der Waals surface area (Å²) in [7, 11) is 0. The van der Waals surface area contributed by atoms with Gasteiger partial charge in [0.25, 0.3) is 5.91 Å². The van der Waals surface area contributed by atoms with Gasteiger partial charge in [-0.25, -0.2) is 4.79 Å². The van der Waals surface area contributed by atoms with Crippen LogP contribution in [0.15, 0.2) is 66.9 Å². The average molecular weight is 375 g/mol. The van der Waals surface area contributed by atoms with Crippen molar-refractivity contribution in [3.05, 3.63) is 83.7 Å².